The van der Waals surface area contributed by atoms with Crippen LogP contribution < -0.4 is 10.9 Å². The minimum atomic E-state index is -0.868. The van der Waals surface area contributed by atoms with Crippen LogP contribution in [0.1, 0.15) is 12.5 Å². The number of hydrogen-bond acceptors (Lipinski definition) is 4. The number of nitrogens with one attached hydrogen (secondary N) is 1. The van der Waals surface area contributed by atoms with Crippen LogP contribution in [0.25, 0.3) is 0 Å². The molecule has 0 aliphatic carbocycles. The van der Waals surface area contributed by atoms with Crippen molar-refractivity contribution < 1.29 is 14.3 Å². The van der Waals surface area contributed by atoms with E-state index in [1.54, 1.807) is 19.2 Å². The number of carbonyl (C=O) groups excluding carboxylic acids is 2. The molecule has 1 N–H and O–H groups in total. The lowest BCUT2D eigenvalue weighted by atomic mass is 10.2. The Bertz CT molecular complexity index is 507. The summed E-state index contributed by atoms with van der Waals surface area (Å²) in [4.78, 5) is 34.1. The molecule has 1 unspecified atom stereocenters. The molecule has 0 saturated heterocycles. The van der Waals surface area contributed by atoms with E-state index in [0.29, 0.717) is 0 Å². The van der Waals surface area contributed by atoms with Crippen molar-refractivity contribution in [1.82, 2.24) is 9.88 Å². The molecule has 98 valence electrons. The maximum Gasteiger partial charge on any atom is 0.330 e. The Morgan fingerprint density at radius 3 is 2.67 bits per heavy atom. The first-order valence-corrected chi connectivity index (χ1v) is 5.46. The van der Waals surface area contributed by atoms with E-state index < -0.39 is 12.0 Å². The Hall–Kier alpha value is -2.11. The molecule has 0 spiro atoms. The van der Waals surface area contributed by atoms with Crippen molar-refractivity contribution in [2.75, 3.05) is 7.11 Å². The number of hydrogen-bond donors (Lipinski definition) is 1. The smallest absolute Gasteiger partial charge is 0.330 e. The Labute approximate surface area is 105 Å². The number of esters is 1. The average Bonchev–Trinajstić information content (AvgIpc) is 2.30. The second kappa shape index (κ2) is 6.00. The van der Waals surface area contributed by atoms with Crippen molar-refractivity contribution in [3.8, 4) is 0 Å². The number of carbonyl (C=O) groups is 2. The van der Waals surface area contributed by atoms with E-state index in [-0.39, 0.29) is 18.0 Å². The van der Waals surface area contributed by atoms with Crippen LogP contribution in [0.4, 0.5) is 0 Å². The molecule has 1 atom stereocenters. The number of ether oxygens (including phenoxy) is 1. The first kappa shape index (κ1) is 14.0. The lowest BCUT2D eigenvalue weighted by Gasteiger charge is -2.16. The van der Waals surface area contributed by atoms with Gasteiger partial charge in [-0.25, -0.2) is 4.79 Å². The zero-order chi connectivity index (χ0) is 13.7. The van der Waals surface area contributed by atoms with E-state index in [9.17, 15) is 14.4 Å². The molecule has 6 heteroatoms. The van der Waals surface area contributed by atoms with Crippen molar-refractivity contribution >= 4 is 11.9 Å². The zero-order valence-electron chi connectivity index (χ0n) is 10.6. The van der Waals surface area contributed by atoms with Crippen LogP contribution in [-0.4, -0.2) is 29.6 Å². The summed E-state index contributed by atoms with van der Waals surface area (Å²) in [6, 6.07) is 2.35. The molecular formula is C12H16N2O4. The highest BCUT2D eigenvalue weighted by Crippen LogP contribution is 1.96. The van der Waals surface area contributed by atoms with E-state index in [1.807, 2.05) is 0 Å². The molecule has 0 aliphatic heterocycles. The third-order valence-corrected chi connectivity index (χ3v) is 2.39. The fourth-order valence-corrected chi connectivity index (χ4v) is 1.52. The maximum atomic E-state index is 11.7. The van der Waals surface area contributed by atoms with Gasteiger partial charge in [0, 0.05) is 19.2 Å². The van der Waals surface area contributed by atoms with Crippen LogP contribution in [0, 0.1) is 6.92 Å². The van der Waals surface area contributed by atoms with Gasteiger partial charge in [0.2, 0.25) is 5.91 Å². The topological polar surface area (TPSA) is 77.4 Å². The second-order valence-electron chi connectivity index (χ2n) is 3.97. The predicted octanol–water partition coefficient (Wildman–Crippen LogP) is -0.166. The predicted molar refractivity (Wildman–Crippen MR) is 65.1 cm³/mol. The summed E-state index contributed by atoms with van der Waals surface area (Å²) in [5, 5.41) is 2.45. The number of methoxy groups -OCH3 is 1. The van der Waals surface area contributed by atoms with Crippen molar-refractivity contribution in [1.29, 1.82) is 0 Å². The summed E-state index contributed by atoms with van der Waals surface area (Å²) in [6.45, 7) is 3.15. The third-order valence-electron chi connectivity index (χ3n) is 2.39. The fourth-order valence-electron chi connectivity index (χ4n) is 1.52. The highest BCUT2D eigenvalue weighted by Gasteiger charge is 2.20. The van der Waals surface area contributed by atoms with Crippen LogP contribution >= 0.6 is 0 Å². The number of aryl methyl sites for hydroxylation is 1. The molecule has 1 aromatic rings. The quantitative estimate of drug-likeness (QED) is 0.755. The maximum absolute atomic E-state index is 11.7. The standard InChI is InChI=1S/C12H16N2O4/c1-8-4-5-14(11(16)6-8)7-10(12(17)18-3)13-9(2)15/h4-6,10H,7H2,1-3H3,(H,13,15). The summed E-state index contributed by atoms with van der Waals surface area (Å²) in [5.74, 6) is -0.941. The second-order valence-corrected chi connectivity index (χ2v) is 3.97. The van der Waals surface area contributed by atoms with Gasteiger partial charge in [-0.2, -0.15) is 0 Å². The van der Waals surface area contributed by atoms with Gasteiger partial charge in [-0.15, -0.1) is 0 Å². The molecular weight excluding hydrogens is 236 g/mol. The normalized spacial score (nSPS) is 11.7. The van der Waals surface area contributed by atoms with Gasteiger partial charge in [0.05, 0.1) is 13.7 Å². The van der Waals surface area contributed by atoms with Crippen molar-refractivity contribution in [2.24, 2.45) is 0 Å². The molecule has 1 amide bonds. The van der Waals surface area contributed by atoms with Crippen LogP contribution in [0.2, 0.25) is 0 Å². The van der Waals surface area contributed by atoms with Crippen LogP contribution in [-0.2, 0) is 20.9 Å². The molecule has 6 nitrogen and oxygen atoms in total. The van der Waals surface area contributed by atoms with Crippen LogP contribution in [0.5, 0.6) is 0 Å². The summed E-state index contributed by atoms with van der Waals surface area (Å²) in [7, 11) is 1.23. The number of nitrogens with zero attached hydrogens (tertiary/aromatic N) is 1. The lowest BCUT2D eigenvalue weighted by molar-refractivity contribution is -0.145. The van der Waals surface area contributed by atoms with Gasteiger partial charge in [0.25, 0.3) is 5.56 Å². The largest absolute Gasteiger partial charge is 0.467 e. The summed E-state index contributed by atoms with van der Waals surface area (Å²) in [5.41, 5.74) is 0.611. The Morgan fingerprint density at radius 2 is 2.17 bits per heavy atom. The van der Waals surface area contributed by atoms with Gasteiger partial charge in [0.15, 0.2) is 0 Å². The van der Waals surface area contributed by atoms with Crippen molar-refractivity contribution in [3.63, 3.8) is 0 Å². The van der Waals surface area contributed by atoms with Crippen molar-refractivity contribution in [2.45, 2.75) is 26.4 Å². The van der Waals surface area contributed by atoms with Gasteiger partial charge in [-0.3, -0.25) is 9.59 Å². The summed E-state index contributed by atoms with van der Waals surface area (Å²) in [6.07, 6.45) is 1.58. The van der Waals surface area contributed by atoms with Gasteiger partial charge in [0.1, 0.15) is 6.04 Å². The van der Waals surface area contributed by atoms with Gasteiger partial charge in [-0.1, -0.05) is 0 Å². The first-order valence-electron chi connectivity index (χ1n) is 5.46. The molecule has 1 heterocycles. The molecule has 0 aliphatic rings. The van der Waals surface area contributed by atoms with Gasteiger partial charge >= 0.3 is 5.97 Å². The van der Waals surface area contributed by atoms with E-state index in [0.717, 1.165) is 5.56 Å². The first-order chi connectivity index (χ1) is 8.43. The number of rotatable bonds is 4. The lowest BCUT2D eigenvalue weighted by Crippen LogP contribution is -2.45. The van der Waals surface area contributed by atoms with E-state index >= 15 is 0 Å². The molecule has 1 aromatic heterocycles. The van der Waals surface area contributed by atoms with E-state index in [2.05, 4.69) is 10.1 Å². The molecule has 0 saturated carbocycles. The summed E-state index contributed by atoms with van der Waals surface area (Å²) >= 11 is 0. The molecule has 18 heavy (non-hydrogen) atoms. The Kier molecular flexibility index (Phi) is 4.65. The monoisotopic (exact) mass is 252 g/mol. The SMILES string of the molecule is COC(=O)C(Cn1ccc(C)cc1=O)NC(C)=O. The third kappa shape index (κ3) is 3.73. The summed E-state index contributed by atoms with van der Waals surface area (Å²) < 4.78 is 5.93. The highest BCUT2D eigenvalue weighted by atomic mass is 16.5. The molecule has 0 fully saturated rings. The molecule has 0 radical (unpaired) electrons. The number of amides is 1. The minimum absolute atomic E-state index is 0.0470. The Morgan fingerprint density at radius 1 is 1.50 bits per heavy atom. The Balaban J connectivity index is 2.92. The number of pyridine rings is 1. The van der Waals surface area contributed by atoms with Crippen molar-refractivity contribution in [3.05, 3.63) is 34.2 Å². The minimum Gasteiger partial charge on any atom is -0.467 e. The molecule has 0 bridgehead atoms. The molecule has 1 rings (SSSR count). The van der Waals surface area contributed by atoms with Gasteiger partial charge in [-0.05, 0) is 18.6 Å². The van der Waals surface area contributed by atoms with E-state index in [4.69, 9.17) is 0 Å². The van der Waals surface area contributed by atoms with E-state index in [1.165, 1.54) is 24.7 Å². The highest BCUT2D eigenvalue weighted by molar-refractivity contribution is 5.83. The average molecular weight is 252 g/mol. The van der Waals surface area contributed by atoms with Crippen LogP contribution in [0.3, 0.4) is 0 Å². The fraction of sp³-hybridized carbons (Fsp3) is 0.417. The van der Waals surface area contributed by atoms with Gasteiger partial charge < -0.3 is 14.6 Å². The molecule has 0 aromatic carbocycles. The number of aromatic nitrogens is 1. The zero-order valence-corrected chi connectivity index (χ0v) is 10.6. The van der Waals surface area contributed by atoms with Crippen LogP contribution in [0.15, 0.2) is 23.1 Å².